The minimum absolute atomic E-state index is 0.843. The second-order valence-electron chi connectivity index (χ2n) is 4.69. The third-order valence-electron chi connectivity index (χ3n) is 3.42. The zero-order valence-corrected chi connectivity index (χ0v) is 10.3. The number of allylic oxidation sites excluding steroid dienone is 1. The Morgan fingerprint density at radius 3 is 2.68 bits per heavy atom. The predicted molar refractivity (Wildman–Crippen MR) is 75.0 cm³/mol. The van der Waals surface area contributed by atoms with E-state index in [1.807, 2.05) is 36.4 Å². The summed E-state index contributed by atoms with van der Waals surface area (Å²) in [5.74, 6) is 1.82. The van der Waals surface area contributed by atoms with E-state index in [1.165, 1.54) is 5.56 Å². The van der Waals surface area contributed by atoms with E-state index in [4.69, 9.17) is 9.15 Å². The monoisotopic (exact) mass is 248 g/mol. The van der Waals surface area contributed by atoms with Gasteiger partial charge in [-0.3, -0.25) is 0 Å². The molecule has 0 atom stereocenters. The van der Waals surface area contributed by atoms with Crippen LogP contribution in [-0.4, -0.2) is 0 Å². The number of ether oxygens (including phenoxy) is 1. The zero-order chi connectivity index (χ0) is 12.7. The van der Waals surface area contributed by atoms with Crippen LogP contribution < -0.4 is 4.74 Å². The van der Waals surface area contributed by atoms with Gasteiger partial charge < -0.3 is 9.15 Å². The summed E-state index contributed by atoms with van der Waals surface area (Å²) < 4.78 is 11.5. The molecule has 0 spiro atoms. The van der Waals surface area contributed by atoms with Gasteiger partial charge in [-0.1, -0.05) is 36.4 Å². The summed E-state index contributed by atoms with van der Waals surface area (Å²) in [7, 11) is 0. The summed E-state index contributed by atoms with van der Waals surface area (Å²) in [4.78, 5) is 0. The van der Waals surface area contributed by atoms with Crippen LogP contribution in [0.15, 0.2) is 65.3 Å². The van der Waals surface area contributed by atoms with E-state index >= 15 is 0 Å². The average molecular weight is 248 g/mol. The number of rotatable bonds is 1. The number of hydrogen-bond donors (Lipinski definition) is 0. The van der Waals surface area contributed by atoms with Crippen LogP contribution in [0.4, 0.5) is 0 Å². The smallest absolute Gasteiger partial charge is 0.134 e. The highest BCUT2D eigenvalue weighted by atomic mass is 16.5. The summed E-state index contributed by atoms with van der Waals surface area (Å²) in [5, 5.41) is 1.12. The standard InChI is InChI=1S/C17H12O2/c1-3-7-15-12(5-1)9-14(11-18-15)17-10-13-6-2-4-8-16(13)19-17/h1-8,10-11H,9H2. The van der Waals surface area contributed by atoms with Gasteiger partial charge in [0, 0.05) is 17.4 Å². The number of furan rings is 1. The van der Waals surface area contributed by atoms with Crippen LogP contribution in [0.25, 0.3) is 16.5 Å². The first-order chi connectivity index (χ1) is 9.40. The second kappa shape index (κ2) is 4.02. The molecule has 0 unspecified atom stereocenters. The Morgan fingerprint density at radius 2 is 1.74 bits per heavy atom. The van der Waals surface area contributed by atoms with Crippen molar-refractivity contribution in [2.45, 2.75) is 6.42 Å². The number of benzene rings is 2. The van der Waals surface area contributed by atoms with Gasteiger partial charge in [-0.05, 0) is 23.8 Å². The maximum absolute atomic E-state index is 5.87. The lowest BCUT2D eigenvalue weighted by atomic mass is 10.0. The molecule has 19 heavy (non-hydrogen) atoms. The van der Waals surface area contributed by atoms with Gasteiger partial charge in [0.25, 0.3) is 0 Å². The molecule has 0 bridgehead atoms. The molecule has 1 aromatic heterocycles. The van der Waals surface area contributed by atoms with Crippen molar-refractivity contribution in [3.05, 3.63) is 72.2 Å². The predicted octanol–water partition coefficient (Wildman–Crippen LogP) is 4.41. The summed E-state index contributed by atoms with van der Waals surface area (Å²) in [6.45, 7) is 0. The Bertz CT molecular complexity index is 748. The Hall–Kier alpha value is -2.48. The van der Waals surface area contributed by atoms with Gasteiger partial charge in [0.15, 0.2) is 0 Å². The summed E-state index contributed by atoms with van der Waals surface area (Å²) in [5.41, 5.74) is 3.19. The van der Waals surface area contributed by atoms with Crippen LogP contribution in [0.2, 0.25) is 0 Å². The summed E-state index contributed by atoms with van der Waals surface area (Å²) >= 11 is 0. The lowest BCUT2D eigenvalue weighted by molar-refractivity contribution is 0.465. The largest absolute Gasteiger partial charge is 0.464 e. The normalized spacial score (nSPS) is 13.8. The van der Waals surface area contributed by atoms with Crippen molar-refractivity contribution < 1.29 is 9.15 Å². The van der Waals surface area contributed by atoms with Crippen LogP contribution in [0.5, 0.6) is 5.75 Å². The lowest BCUT2D eigenvalue weighted by Gasteiger charge is -2.15. The minimum Gasteiger partial charge on any atom is -0.464 e. The van der Waals surface area contributed by atoms with E-state index in [0.29, 0.717) is 0 Å². The Kier molecular flexibility index (Phi) is 2.21. The first-order valence-corrected chi connectivity index (χ1v) is 6.33. The van der Waals surface area contributed by atoms with Gasteiger partial charge in [-0.25, -0.2) is 0 Å². The molecule has 0 N–H and O–H groups in total. The Morgan fingerprint density at radius 1 is 0.895 bits per heavy atom. The highest BCUT2D eigenvalue weighted by Crippen LogP contribution is 2.33. The average Bonchev–Trinajstić information content (AvgIpc) is 2.90. The molecule has 2 nitrogen and oxygen atoms in total. The quantitative estimate of drug-likeness (QED) is 0.636. The first-order valence-electron chi connectivity index (χ1n) is 6.33. The van der Waals surface area contributed by atoms with Crippen molar-refractivity contribution in [2.24, 2.45) is 0 Å². The fraction of sp³-hybridized carbons (Fsp3) is 0.0588. The molecule has 0 saturated heterocycles. The molecular formula is C17H12O2. The van der Waals surface area contributed by atoms with Gasteiger partial charge in [0.05, 0.1) is 6.26 Å². The highest BCUT2D eigenvalue weighted by Gasteiger charge is 2.16. The van der Waals surface area contributed by atoms with Crippen molar-refractivity contribution in [1.29, 1.82) is 0 Å². The van der Waals surface area contributed by atoms with Gasteiger partial charge >= 0.3 is 0 Å². The molecule has 2 heteroatoms. The first kappa shape index (κ1) is 10.4. The number of fused-ring (bicyclic) bond motifs is 2. The second-order valence-corrected chi connectivity index (χ2v) is 4.69. The molecule has 0 aliphatic carbocycles. The molecular weight excluding hydrogens is 236 g/mol. The SMILES string of the molecule is C1=C(c2cc3ccccc3o2)Cc2ccccc2O1. The molecule has 2 heterocycles. The number of hydrogen-bond acceptors (Lipinski definition) is 2. The molecule has 1 aliphatic rings. The molecule has 2 aromatic carbocycles. The van der Waals surface area contributed by atoms with E-state index in [9.17, 15) is 0 Å². The number of para-hydroxylation sites is 2. The molecule has 1 aliphatic heterocycles. The topological polar surface area (TPSA) is 22.4 Å². The van der Waals surface area contributed by atoms with Crippen LogP contribution in [0.3, 0.4) is 0 Å². The van der Waals surface area contributed by atoms with Crippen LogP contribution in [-0.2, 0) is 6.42 Å². The van der Waals surface area contributed by atoms with E-state index in [1.54, 1.807) is 6.26 Å². The van der Waals surface area contributed by atoms with Crippen molar-refractivity contribution in [1.82, 2.24) is 0 Å². The summed E-state index contributed by atoms with van der Waals surface area (Å²) in [6, 6.07) is 18.2. The fourth-order valence-electron chi connectivity index (χ4n) is 2.43. The minimum atomic E-state index is 0.843. The maximum Gasteiger partial charge on any atom is 0.134 e. The molecule has 0 saturated carbocycles. The molecule has 92 valence electrons. The Balaban J connectivity index is 1.76. The molecule has 0 fully saturated rings. The van der Waals surface area contributed by atoms with E-state index in [-0.39, 0.29) is 0 Å². The molecule has 0 radical (unpaired) electrons. The van der Waals surface area contributed by atoms with E-state index in [2.05, 4.69) is 18.2 Å². The van der Waals surface area contributed by atoms with Crippen LogP contribution in [0.1, 0.15) is 11.3 Å². The zero-order valence-electron chi connectivity index (χ0n) is 10.3. The van der Waals surface area contributed by atoms with E-state index < -0.39 is 0 Å². The molecule has 3 aromatic rings. The lowest BCUT2D eigenvalue weighted by Crippen LogP contribution is -2.01. The molecule has 4 rings (SSSR count). The fourth-order valence-corrected chi connectivity index (χ4v) is 2.43. The van der Waals surface area contributed by atoms with Crippen LogP contribution in [0, 0.1) is 0 Å². The Labute approximate surface area is 110 Å². The van der Waals surface area contributed by atoms with Crippen LogP contribution >= 0.6 is 0 Å². The third-order valence-corrected chi connectivity index (χ3v) is 3.42. The van der Waals surface area contributed by atoms with E-state index in [0.717, 1.165) is 34.5 Å². The highest BCUT2D eigenvalue weighted by molar-refractivity contribution is 5.82. The third kappa shape index (κ3) is 1.73. The maximum atomic E-state index is 5.87. The van der Waals surface area contributed by atoms with Crippen molar-refractivity contribution in [3.63, 3.8) is 0 Å². The van der Waals surface area contributed by atoms with Gasteiger partial charge in [-0.15, -0.1) is 0 Å². The van der Waals surface area contributed by atoms with Gasteiger partial charge in [0.2, 0.25) is 0 Å². The molecule has 0 amide bonds. The van der Waals surface area contributed by atoms with Crippen molar-refractivity contribution >= 4 is 16.5 Å². The van der Waals surface area contributed by atoms with Gasteiger partial charge in [0.1, 0.15) is 17.1 Å². The van der Waals surface area contributed by atoms with Gasteiger partial charge in [-0.2, -0.15) is 0 Å². The summed E-state index contributed by atoms with van der Waals surface area (Å²) in [6.07, 6.45) is 2.63. The van der Waals surface area contributed by atoms with Crippen molar-refractivity contribution in [3.8, 4) is 5.75 Å². The van der Waals surface area contributed by atoms with Crippen molar-refractivity contribution in [2.75, 3.05) is 0 Å².